The highest BCUT2D eigenvalue weighted by atomic mass is 32.1. The number of methoxy groups -OCH3 is 3. The zero-order valence-corrected chi connectivity index (χ0v) is 35.5. The Morgan fingerprint density at radius 2 is 1.59 bits per heavy atom. The molecular weight excluding hydrogens is 739 g/mol. The van der Waals surface area contributed by atoms with Crippen LogP contribution in [0.15, 0.2) is 11.6 Å². The highest BCUT2D eigenvalue weighted by molar-refractivity contribution is 7.71. The molecule has 0 amide bonds. The second-order valence-corrected chi connectivity index (χ2v) is 17.8. The van der Waals surface area contributed by atoms with Crippen LogP contribution >= 0.6 is 12.2 Å². The molecule has 14 heteroatoms. The molecule has 2 N–H and O–H groups in total. The molecule has 0 spiro atoms. The molecular formula is C42H65N3O10S. The van der Waals surface area contributed by atoms with E-state index in [0.29, 0.717) is 22.8 Å². The van der Waals surface area contributed by atoms with Crippen LogP contribution in [-0.4, -0.2) is 129 Å². The summed E-state index contributed by atoms with van der Waals surface area (Å²) in [7, 11) is 9.11. The van der Waals surface area contributed by atoms with E-state index in [4.69, 9.17) is 50.1 Å². The molecule has 1 aromatic heterocycles. The fourth-order valence-electron chi connectivity index (χ4n) is 11.2. The predicted molar refractivity (Wildman–Crippen MR) is 210 cm³/mol. The molecule has 0 aromatic carbocycles. The standard InChI is InChI=1S/C42H65N3O10S/c1-10-23-12-11-13-31(55-33-15-14-30(45(5)6)21(3)51-33)20(2)37(47)29-18-26-25-16-24(54-41-40(50-9)39(49-8)38(48-7)22(4)52-41)17-28(25)35-36(44-42(56)43-35)34(26)27(29)19-32(46)53-23/h18,20-28,30-31,33-34,38-41H,10-17,19H2,1-9H3,(H2,43,44,56)/t20-,21?,22?,23+,24+,25+,26+,27-,28-,30+,31+,33+,34-,38+,39?,40?,41+/m1/s1. The fraction of sp³-hybridized carbons (Fsp3) is 0.833. The minimum absolute atomic E-state index is 0.0142. The number of hydrogen-bond donors (Lipinski definition) is 2. The number of allylic oxidation sites excluding steroid dienone is 2. The van der Waals surface area contributed by atoms with Crippen molar-refractivity contribution in [1.82, 2.24) is 14.9 Å². The lowest BCUT2D eigenvalue weighted by Gasteiger charge is -2.44. The van der Waals surface area contributed by atoms with Crippen LogP contribution in [0.25, 0.3) is 0 Å². The number of ketones is 1. The van der Waals surface area contributed by atoms with Gasteiger partial charge < -0.3 is 52.8 Å². The van der Waals surface area contributed by atoms with Crippen molar-refractivity contribution in [3.63, 3.8) is 0 Å². The van der Waals surface area contributed by atoms with Gasteiger partial charge in [0.1, 0.15) is 24.4 Å². The largest absolute Gasteiger partial charge is 0.462 e. The van der Waals surface area contributed by atoms with Gasteiger partial charge in [0.05, 0.1) is 30.8 Å². The third-order valence-corrected chi connectivity index (χ3v) is 14.3. The van der Waals surface area contributed by atoms with Crippen LogP contribution in [0.4, 0.5) is 0 Å². The molecule has 6 aliphatic rings. The normalized spacial score (nSPS) is 43.2. The number of fused-ring (bicyclic) bond motifs is 8. The van der Waals surface area contributed by atoms with Gasteiger partial charge in [-0.2, -0.15) is 0 Å². The Morgan fingerprint density at radius 3 is 2.27 bits per heavy atom. The van der Waals surface area contributed by atoms with Gasteiger partial charge in [-0.3, -0.25) is 9.59 Å². The first kappa shape index (κ1) is 42.1. The van der Waals surface area contributed by atoms with E-state index in [9.17, 15) is 9.59 Å². The Morgan fingerprint density at radius 1 is 0.857 bits per heavy atom. The number of carbonyl (C=O) groups excluding carboxylic acids is 2. The zero-order valence-electron chi connectivity index (χ0n) is 34.7. The number of H-pyrrole nitrogens is 2. The van der Waals surface area contributed by atoms with Crippen LogP contribution in [0.3, 0.4) is 0 Å². The van der Waals surface area contributed by atoms with Gasteiger partial charge in [0.2, 0.25) is 0 Å². The number of ether oxygens (including phenoxy) is 8. The van der Waals surface area contributed by atoms with Crippen molar-refractivity contribution >= 4 is 24.0 Å². The van der Waals surface area contributed by atoms with Crippen molar-refractivity contribution < 1.29 is 47.5 Å². The number of nitrogens with one attached hydrogen (secondary N) is 2. The first-order chi connectivity index (χ1) is 26.9. The van der Waals surface area contributed by atoms with E-state index in [-0.39, 0.29) is 96.8 Å². The zero-order chi connectivity index (χ0) is 40.0. The number of rotatable bonds is 9. The van der Waals surface area contributed by atoms with Gasteiger partial charge in [0, 0.05) is 62.4 Å². The summed E-state index contributed by atoms with van der Waals surface area (Å²) >= 11 is 5.73. The summed E-state index contributed by atoms with van der Waals surface area (Å²) in [5.74, 6) is -0.950. The van der Waals surface area contributed by atoms with E-state index in [1.165, 1.54) is 0 Å². The summed E-state index contributed by atoms with van der Waals surface area (Å²) in [6, 6.07) is 0.318. The maximum absolute atomic E-state index is 15.0. The first-order valence-electron chi connectivity index (χ1n) is 21.0. The van der Waals surface area contributed by atoms with Crippen molar-refractivity contribution in [2.24, 2.45) is 23.7 Å². The quantitative estimate of drug-likeness (QED) is 0.225. The monoisotopic (exact) mass is 803 g/mol. The van der Waals surface area contributed by atoms with Crippen molar-refractivity contribution in [3.8, 4) is 0 Å². The number of carbonyl (C=O) groups is 2. The van der Waals surface area contributed by atoms with E-state index in [1.807, 2.05) is 13.8 Å². The van der Waals surface area contributed by atoms with Gasteiger partial charge in [0.15, 0.2) is 23.1 Å². The Hall–Kier alpha value is -2.01. The van der Waals surface area contributed by atoms with E-state index in [2.05, 4.69) is 48.9 Å². The Balaban J connectivity index is 1.18. The third-order valence-electron chi connectivity index (χ3n) is 14.1. The fourth-order valence-corrected chi connectivity index (χ4v) is 11.5. The molecule has 1 aromatic rings. The van der Waals surface area contributed by atoms with Crippen molar-refractivity contribution in [1.29, 1.82) is 0 Å². The van der Waals surface area contributed by atoms with Crippen LogP contribution in [0.1, 0.15) is 109 Å². The van der Waals surface area contributed by atoms with Gasteiger partial charge >= 0.3 is 5.97 Å². The number of hydrogen-bond acceptors (Lipinski definition) is 12. The Bertz CT molecular complexity index is 1630. The minimum Gasteiger partial charge on any atom is -0.462 e. The molecule has 4 unspecified atom stereocenters. The van der Waals surface area contributed by atoms with Crippen LogP contribution in [0, 0.1) is 28.4 Å². The second-order valence-electron chi connectivity index (χ2n) is 17.4. The third kappa shape index (κ3) is 8.12. The summed E-state index contributed by atoms with van der Waals surface area (Å²) in [6.45, 7) is 8.12. The van der Waals surface area contributed by atoms with Crippen molar-refractivity contribution in [2.45, 2.75) is 165 Å². The molecule has 4 heterocycles. The lowest BCUT2D eigenvalue weighted by atomic mass is 9.67. The Labute approximate surface area is 337 Å². The van der Waals surface area contributed by atoms with Crippen LogP contribution < -0.4 is 0 Å². The molecule has 4 fully saturated rings. The smallest absolute Gasteiger partial charge is 0.306 e. The van der Waals surface area contributed by atoms with Gasteiger partial charge in [-0.1, -0.05) is 19.9 Å². The summed E-state index contributed by atoms with van der Waals surface area (Å²) < 4.78 is 50.5. The van der Waals surface area contributed by atoms with Crippen molar-refractivity contribution in [3.05, 3.63) is 27.8 Å². The summed E-state index contributed by atoms with van der Waals surface area (Å²) in [6.07, 6.45) is 5.30. The number of cyclic esters (lactones) is 1. The highest BCUT2D eigenvalue weighted by Gasteiger charge is 2.56. The maximum atomic E-state index is 15.0. The summed E-state index contributed by atoms with van der Waals surface area (Å²) in [4.78, 5) is 37.9. The molecule has 7 rings (SSSR count). The number of Topliss-reactive ketones (excluding diaryl/α,β-unsaturated/α-hetero) is 1. The minimum atomic E-state index is -0.654. The summed E-state index contributed by atoms with van der Waals surface area (Å²) in [5.41, 5.74) is 2.73. The van der Waals surface area contributed by atoms with Gasteiger partial charge in [-0.15, -0.1) is 0 Å². The molecule has 17 atom stereocenters. The lowest BCUT2D eigenvalue weighted by molar-refractivity contribution is -0.314. The molecule has 0 radical (unpaired) electrons. The molecule has 1 saturated carbocycles. The number of likely N-dealkylation sites (N-methyl/N-ethyl adjacent to an activating group) is 1. The van der Waals surface area contributed by atoms with Crippen LogP contribution in [0.2, 0.25) is 0 Å². The number of esters is 1. The highest BCUT2D eigenvalue weighted by Crippen LogP contribution is 2.61. The molecule has 3 aliphatic heterocycles. The van der Waals surface area contributed by atoms with Crippen molar-refractivity contribution in [2.75, 3.05) is 35.4 Å². The van der Waals surface area contributed by atoms with Gasteiger partial charge in [-0.05, 0) is 109 Å². The molecule has 3 aliphatic carbocycles. The number of nitrogens with zero attached hydrogens (tertiary/aromatic N) is 1. The van der Waals surface area contributed by atoms with Gasteiger partial charge in [0.25, 0.3) is 0 Å². The number of aromatic nitrogens is 2. The second kappa shape index (κ2) is 17.7. The lowest BCUT2D eigenvalue weighted by Crippen LogP contribution is -2.59. The first-order valence-corrected chi connectivity index (χ1v) is 21.4. The number of imidazole rings is 1. The molecule has 3 saturated heterocycles. The predicted octanol–water partition coefficient (Wildman–Crippen LogP) is 5.95. The molecule has 13 nitrogen and oxygen atoms in total. The molecule has 56 heavy (non-hydrogen) atoms. The number of aromatic amines is 2. The van der Waals surface area contributed by atoms with E-state index in [1.54, 1.807) is 21.3 Å². The van der Waals surface area contributed by atoms with E-state index in [0.717, 1.165) is 56.3 Å². The molecule has 314 valence electrons. The topological polar surface area (TPSA) is 143 Å². The van der Waals surface area contributed by atoms with E-state index < -0.39 is 18.3 Å². The maximum Gasteiger partial charge on any atom is 0.306 e. The van der Waals surface area contributed by atoms with Crippen LogP contribution in [0.5, 0.6) is 0 Å². The SMILES string of the molecule is CC[C@H]1CCC[C@H](O[C@H]2CC[C@H](N(C)C)C(C)O2)[C@@H](C)C(=O)C2=C[C@H]3[C@@H]4C[C@H](O[C@@H]5OC(C)[C@H](OC)C(OC)C5OC)C[C@H]4c4[nH]c(=S)[nH]c4[C@H]3[C@@H]2CC(=O)O1. The van der Waals surface area contributed by atoms with Gasteiger partial charge in [-0.25, -0.2) is 0 Å². The summed E-state index contributed by atoms with van der Waals surface area (Å²) in [5, 5.41) is 0. The van der Waals surface area contributed by atoms with E-state index >= 15 is 0 Å². The van der Waals surface area contributed by atoms with Crippen LogP contribution in [-0.2, 0) is 47.5 Å². The molecule has 0 bridgehead atoms. The Kier molecular flexibility index (Phi) is 13.3. The average Bonchev–Trinajstić information content (AvgIpc) is 3.87. The average molecular weight is 804 g/mol.